The fourth-order valence-corrected chi connectivity index (χ4v) is 3.76. The van der Waals surface area contributed by atoms with Gasteiger partial charge in [0.25, 0.3) is 0 Å². The summed E-state index contributed by atoms with van der Waals surface area (Å²) in [5.74, 6) is -1.23. The molecule has 2 aromatic carbocycles. The molecule has 0 aliphatic rings. The second kappa shape index (κ2) is 10.3. The van der Waals surface area contributed by atoms with Crippen molar-refractivity contribution in [2.24, 2.45) is 0 Å². The minimum atomic E-state index is -0.616. The molecule has 0 saturated heterocycles. The standard InChI is InChI=1S/C22H15Cl2N3O4S/c1-30-21(28)13-5-14(22(29)31-2)7-16(6-13)26-10-15(9-25)20-27-19(11-32-20)12-3-4-17(23)18(24)8-12/h3-8,10-11,26H,1-2H3/b15-10+. The highest BCUT2D eigenvalue weighted by Crippen LogP contribution is 2.31. The first-order valence-electron chi connectivity index (χ1n) is 8.96. The summed E-state index contributed by atoms with van der Waals surface area (Å²) in [6.45, 7) is 0. The highest BCUT2D eigenvalue weighted by Gasteiger charge is 2.14. The number of carbonyl (C=O) groups is 2. The highest BCUT2D eigenvalue weighted by atomic mass is 35.5. The van der Waals surface area contributed by atoms with Crippen LogP contribution in [0.1, 0.15) is 25.7 Å². The average molecular weight is 488 g/mol. The zero-order chi connectivity index (χ0) is 23.3. The van der Waals surface area contributed by atoms with Gasteiger partial charge >= 0.3 is 11.9 Å². The van der Waals surface area contributed by atoms with E-state index in [0.717, 1.165) is 5.56 Å². The molecule has 0 unspecified atom stereocenters. The van der Waals surface area contributed by atoms with Gasteiger partial charge in [-0.3, -0.25) is 0 Å². The second-order valence-electron chi connectivity index (χ2n) is 6.26. The summed E-state index contributed by atoms with van der Waals surface area (Å²) in [7, 11) is 2.48. The van der Waals surface area contributed by atoms with Crippen molar-refractivity contribution in [1.82, 2.24) is 4.98 Å². The normalized spacial score (nSPS) is 10.9. The molecule has 0 aliphatic carbocycles. The molecule has 7 nitrogen and oxygen atoms in total. The van der Waals surface area contributed by atoms with Crippen molar-refractivity contribution >= 4 is 57.7 Å². The smallest absolute Gasteiger partial charge is 0.337 e. The quantitative estimate of drug-likeness (QED) is 0.353. The molecule has 32 heavy (non-hydrogen) atoms. The van der Waals surface area contributed by atoms with Crippen LogP contribution in [0.2, 0.25) is 10.0 Å². The summed E-state index contributed by atoms with van der Waals surface area (Å²) in [4.78, 5) is 28.4. The number of nitrogens with one attached hydrogen (secondary N) is 1. The van der Waals surface area contributed by atoms with Crippen LogP contribution in [0.3, 0.4) is 0 Å². The number of rotatable bonds is 6. The molecule has 0 aliphatic heterocycles. The zero-order valence-electron chi connectivity index (χ0n) is 16.8. The molecule has 0 radical (unpaired) electrons. The summed E-state index contributed by atoms with van der Waals surface area (Å²) in [5.41, 5.74) is 2.36. The number of carbonyl (C=O) groups excluding carboxylic acids is 2. The van der Waals surface area contributed by atoms with Crippen molar-refractivity contribution < 1.29 is 19.1 Å². The zero-order valence-corrected chi connectivity index (χ0v) is 19.1. The van der Waals surface area contributed by atoms with Crippen molar-refractivity contribution in [3.8, 4) is 17.3 Å². The lowest BCUT2D eigenvalue weighted by atomic mass is 10.1. The van der Waals surface area contributed by atoms with Gasteiger partial charge in [-0.15, -0.1) is 11.3 Å². The fourth-order valence-electron chi connectivity index (χ4n) is 2.67. The van der Waals surface area contributed by atoms with Gasteiger partial charge in [-0.2, -0.15) is 5.26 Å². The van der Waals surface area contributed by atoms with Crippen molar-refractivity contribution in [2.75, 3.05) is 19.5 Å². The minimum Gasteiger partial charge on any atom is -0.465 e. The van der Waals surface area contributed by atoms with Gasteiger partial charge in [0.1, 0.15) is 16.6 Å². The first kappa shape index (κ1) is 23.3. The van der Waals surface area contributed by atoms with Crippen LogP contribution in [0, 0.1) is 11.3 Å². The Morgan fingerprint density at radius 1 is 1.06 bits per heavy atom. The third kappa shape index (κ3) is 5.26. The van der Waals surface area contributed by atoms with E-state index in [9.17, 15) is 14.9 Å². The molecule has 10 heteroatoms. The van der Waals surface area contributed by atoms with E-state index in [1.54, 1.807) is 23.6 Å². The number of halogens is 2. The Bertz CT molecular complexity index is 1230. The van der Waals surface area contributed by atoms with Crippen molar-refractivity contribution in [3.63, 3.8) is 0 Å². The van der Waals surface area contributed by atoms with Crippen molar-refractivity contribution in [2.45, 2.75) is 0 Å². The Morgan fingerprint density at radius 3 is 2.28 bits per heavy atom. The van der Waals surface area contributed by atoms with Crippen molar-refractivity contribution in [3.05, 3.63) is 74.2 Å². The maximum atomic E-state index is 11.9. The lowest BCUT2D eigenvalue weighted by molar-refractivity contribution is 0.0599. The molecule has 1 N–H and O–H groups in total. The Hall–Kier alpha value is -3.38. The molecule has 1 aromatic heterocycles. The van der Waals surface area contributed by atoms with Crippen LogP contribution in [0.15, 0.2) is 48.0 Å². The lowest BCUT2D eigenvalue weighted by Gasteiger charge is -2.08. The topological polar surface area (TPSA) is 101 Å². The highest BCUT2D eigenvalue weighted by molar-refractivity contribution is 7.11. The van der Waals surface area contributed by atoms with Gasteiger partial charge in [-0.05, 0) is 30.3 Å². The van der Waals surface area contributed by atoms with E-state index < -0.39 is 11.9 Å². The molecule has 0 amide bonds. The minimum absolute atomic E-state index is 0.154. The summed E-state index contributed by atoms with van der Waals surface area (Å²) in [5, 5.41) is 15.6. The van der Waals surface area contributed by atoms with Crippen LogP contribution in [-0.2, 0) is 9.47 Å². The predicted molar refractivity (Wildman–Crippen MR) is 124 cm³/mol. The maximum absolute atomic E-state index is 11.9. The number of thiazole rings is 1. The monoisotopic (exact) mass is 487 g/mol. The number of nitrogens with zero attached hydrogens (tertiary/aromatic N) is 2. The van der Waals surface area contributed by atoms with Crippen LogP contribution in [0.4, 0.5) is 5.69 Å². The molecule has 3 rings (SSSR count). The SMILES string of the molecule is COC(=O)c1cc(N/C=C(\C#N)c2nc(-c3ccc(Cl)c(Cl)c3)cs2)cc(C(=O)OC)c1. The first-order chi connectivity index (χ1) is 15.4. The van der Waals surface area contributed by atoms with Crippen LogP contribution in [-0.4, -0.2) is 31.1 Å². The number of nitriles is 1. The Balaban J connectivity index is 1.90. The Morgan fingerprint density at radius 2 is 1.72 bits per heavy atom. The van der Waals surface area contributed by atoms with E-state index >= 15 is 0 Å². The lowest BCUT2D eigenvalue weighted by Crippen LogP contribution is -2.07. The molecule has 0 saturated carbocycles. The molecule has 162 valence electrons. The van der Waals surface area contributed by atoms with Crippen LogP contribution in [0.25, 0.3) is 16.8 Å². The Labute approximate surface area is 197 Å². The molecular formula is C22H15Cl2N3O4S. The Kier molecular flexibility index (Phi) is 7.49. The van der Waals surface area contributed by atoms with E-state index in [0.29, 0.717) is 26.4 Å². The molecule has 1 heterocycles. The number of allylic oxidation sites excluding steroid dienone is 1. The summed E-state index contributed by atoms with van der Waals surface area (Å²) < 4.78 is 9.45. The number of aromatic nitrogens is 1. The summed E-state index contributed by atoms with van der Waals surface area (Å²) in [6, 6.07) is 11.6. The van der Waals surface area contributed by atoms with Gasteiger partial charge in [-0.25, -0.2) is 14.6 Å². The third-order valence-corrected chi connectivity index (χ3v) is 5.84. The van der Waals surface area contributed by atoms with Gasteiger partial charge in [0.05, 0.1) is 41.1 Å². The largest absolute Gasteiger partial charge is 0.465 e. The molecule has 3 aromatic rings. The number of hydrogen-bond donors (Lipinski definition) is 1. The van der Waals surface area contributed by atoms with E-state index in [2.05, 4.69) is 16.4 Å². The van der Waals surface area contributed by atoms with Gasteiger partial charge in [0, 0.05) is 22.8 Å². The van der Waals surface area contributed by atoms with E-state index in [-0.39, 0.29) is 16.7 Å². The number of anilines is 1. The van der Waals surface area contributed by atoms with Gasteiger partial charge in [-0.1, -0.05) is 29.3 Å². The maximum Gasteiger partial charge on any atom is 0.337 e. The molecule has 0 fully saturated rings. The van der Waals surface area contributed by atoms with Crippen LogP contribution in [0.5, 0.6) is 0 Å². The predicted octanol–water partition coefficient (Wildman–Crippen LogP) is 5.67. The molecule has 0 bridgehead atoms. The number of hydrogen-bond acceptors (Lipinski definition) is 8. The molecular weight excluding hydrogens is 473 g/mol. The molecule has 0 spiro atoms. The number of esters is 2. The van der Waals surface area contributed by atoms with E-state index in [4.69, 9.17) is 32.7 Å². The van der Waals surface area contributed by atoms with E-state index in [1.807, 2.05) is 0 Å². The second-order valence-corrected chi connectivity index (χ2v) is 7.94. The summed E-state index contributed by atoms with van der Waals surface area (Å²) >= 11 is 13.3. The summed E-state index contributed by atoms with van der Waals surface area (Å²) in [6.07, 6.45) is 1.44. The van der Waals surface area contributed by atoms with Gasteiger partial charge in [0.2, 0.25) is 0 Å². The van der Waals surface area contributed by atoms with Crippen LogP contribution >= 0.6 is 34.5 Å². The number of benzene rings is 2. The van der Waals surface area contributed by atoms with Crippen LogP contribution < -0.4 is 5.32 Å². The average Bonchev–Trinajstić information content (AvgIpc) is 3.30. The molecule has 0 atom stereocenters. The van der Waals surface area contributed by atoms with Crippen molar-refractivity contribution in [1.29, 1.82) is 5.26 Å². The van der Waals surface area contributed by atoms with Gasteiger partial charge in [0.15, 0.2) is 0 Å². The van der Waals surface area contributed by atoms with Gasteiger partial charge < -0.3 is 14.8 Å². The number of ether oxygens (including phenoxy) is 2. The third-order valence-electron chi connectivity index (χ3n) is 4.23. The number of methoxy groups -OCH3 is 2. The fraction of sp³-hybridized carbons (Fsp3) is 0.0909. The van der Waals surface area contributed by atoms with E-state index in [1.165, 1.54) is 50.0 Å². The first-order valence-corrected chi connectivity index (χ1v) is 10.6.